The van der Waals surface area contributed by atoms with Gasteiger partial charge in [0.2, 0.25) is 0 Å². The van der Waals surface area contributed by atoms with Crippen molar-refractivity contribution in [2.75, 3.05) is 0 Å². The summed E-state index contributed by atoms with van der Waals surface area (Å²) < 4.78 is 33.0. The number of aromatic amines is 1. The number of carbonyl (C=O) groups is 1. The molecule has 102 valence electrons. The van der Waals surface area contributed by atoms with Crippen LogP contribution in [0.3, 0.4) is 0 Å². The van der Waals surface area contributed by atoms with Gasteiger partial charge in [0.05, 0.1) is 0 Å². The number of rotatable bonds is 4. The predicted molar refractivity (Wildman–Crippen MR) is 67.6 cm³/mol. The number of para-hydroxylation sites is 1. The largest absolute Gasteiger partial charge is 0.449 e. The average Bonchev–Trinajstić information content (AvgIpc) is 2.70. The maximum atomic E-state index is 11.3. The second-order valence-electron chi connectivity index (χ2n) is 4.00. The highest BCUT2D eigenvalue weighted by Gasteiger charge is 2.22. The van der Waals surface area contributed by atoms with Crippen molar-refractivity contribution in [3.8, 4) is 0 Å². The van der Waals surface area contributed by atoms with Crippen molar-refractivity contribution in [1.82, 2.24) is 4.98 Å². The van der Waals surface area contributed by atoms with Gasteiger partial charge in [-0.05, 0) is 11.6 Å². The highest BCUT2D eigenvalue weighted by atomic mass is 32.3. The number of carbonyl (C=O) groups excluding carboxylic acids is 1. The number of nitrogens with two attached hydrogens (primary N) is 1. The van der Waals surface area contributed by atoms with Crippen molar-refractivity contribution in [3.63, 3.8) is 0 Å². The van der Waals surface area contributed by atoms with Crippen LogP contribution in [-0.4, -0.2) is 30.0 Å². The summed E-state index contributed by atoms with van der Waals surface area (Å²) in [6, 6.07) is 6.22. The molecule has 1 atom stereocenters. The molecular weight excluding hydrogens is 272 g/mol. The summed E-state index contributed by atoms with van der Waals surface area (Å²) in [4.78, 5) is 14.3. The molecule has 0 fully saturated rings. The molecule has 0 spiro atoms. The Kier molecular flexibility index (Phi) is 3.56. The Labute approximate surface area is 109 Å². The van der Waals surface area contributed by atoms with Gasteiger partial charge in [0.1, 0.15) is 6.04 Å². The van der Waals surface area contributed by atoms with Crippen LogP contribution in [0.4, 0.5) is 0 Å². The van der Waals surface area contributed by atoms with Crippen molar-refractivity contribution in [2.24, 2.45) is 5.73 Å². The smallest absolute Gasteiger partial charge is 0.361 e. The van der Waals surface area contributed by atoms with E-state index in [0.717, 1.165) is 16.5 Å². The van der Waals surface area contributed by atoms with E-state index >= 15 is 0 Å². The number of H-pyrrole nitrogens is 1. The van der Waals surface area contributed by atoms with Crippen LogP contribution < -0.4 is 5.73 Å². The van der Waals surface area contributed by atoms with Crippen molar-refractivity contribution in [1.29, 1.82) is 0 Å². The fraction of sp³-hybridized carbons (Fsp3) is 0.182. The third kappa shape index (κ3) is 3.31. The molecule has 1 heterocycles. The standard InChI is InChI=1S/C11H12N2O5S/c12-9(11(14)18-19(15,16)17)5-7-6-13-10-4-2-1-3-8(7)10/h1-4,6,9,13H,5,12H2,(H,15,16,17)/t9-/m0/s1. The van der Waals surface area contributed by atoms with Crippen molar-refractivity contribution in [3.05, 3.63) is 36.0 Å². The van der Waals surface area contributed by atoms with Crippen LogP contribution in [0.15, 0.2) is 30.5 Å². The molecule has 0 saturated heterocycles. The Bertz CT molecular complexity index is 707. The second kappa shape index (κ2) is 5.00. The van der Waals surface area contributed by atoms with Gasteiger partial charge in [-0.3, -0.25) is 4.55 Å². The molecule has 2 rings (SSSR count). The molecule has 19 heavy (non-hydrogen) atoms. The first-order valence-electron chi connectivity index (χ1n) is 5.38. The molecule has 0 amide bonds. The summed E-state index contributed by atoms with van der Waals surface area (Å²) in [7, 11) is -4.83. The number of hydrogen-bond donors (Lipinski definition) is 3. The van der Waals surface area contributed by atoms with Crippen molar-refractivity contribution < 1.29 is 21.9 Å². The first kappa shape index (κ1) is 13.5. The fourth-order valence-corrected chi connectivity index (χ4v) is 2.12. The Balaban J connectivity index is 2.15. The molecule has 0 unspecified atom stereocenters. The summed E-state index contributed by atoms with van der Waals surface area (Å²) in [6.45, 7) is 0. The Morgan fingerprint density at radius 2 is 2.11 bits per heavy atom. The monoisotopic (exact) mass is 284 g/mol. The SMILES string of the molecule is N[C@@H](Cc1c[nH]c2ccccc12)C(=O)OS(=O)(=O)O. The van der Waals surface area contributed by atoms with E-state index in [1.807, 2.05) is 24.3 Å². The minimum absolute atomic E-state index is 0.0956. The van der Waals surface area contributed by atoms with Gasteiger partial charge < -0.3 is 14.9 Å². The quantitative estimate of drug-likeness (QED) is 0.698. The minimum Gasteiger partial charge on any atom is -0.361 e. The lowest BCUT2D eigenvalue weighted by molar-refractivity contribution is -0.135. The maximum Gasteiger partial charge on any atom is 0.449 e. The van der Waals surface area contributed by atoms with E-state index in [4.69, 9.17) is 10.3 Å². The van der Waals surface area contributed by atoms with Crippen LogP contribution in [0.25, 0.3) is 10.9 Å². The van der Waals surface area contributed by atoms with Crippen LogP contribution in [-0.2, 0) is 25.8 Å². The van der Waals surface area contributed by atoms with Gasteiger partial charge in [-0.15, -0.1) is 0 Å². The van der Waals surface area contributed by atoms with E-state index in [1.165, 1.54) is 0 Å². The van der Waals surface area contributed by atoms with Gasteiger partial charge in [-0.2, -0.15) is 8.42 Å². The van der Waals surface area contributed by atoms with Gasteiger partial charge >= 0.3 is 16.4 Å². The third-order valence-electron chi connectivity index (χ3n) is 2.60. The molecular formula is C11H12N2O5S. The van der Waals surface area contributed by atoms with Crippen LogP contribution in [0.2, 0.25) is 0 Å². The molecule has 0 aliphatic carbocycles. The number of aromatic nitrogens is 1. The van der Waals surface area contributed by atoms with E-state index < -0.39 is 22.4 Å². The topological polar surface area (TPSA) is 122 Å². The summed E-state index contributed by atoms with van der Waals surface area (Å²) in [5.41, 5.74) is 7.18. The van der Waals surface area contributed by atoms with Crippen LogP contribution in [0.5, 0.6) is 0 Å². The molecule has 0 saturated carbocycles. The summed E-state index contributed by atoms with van der Waals surface area (Å²) in [6.07, 6.45) is 1.78. The zero-order chi connectivity index (χ0) is 14.0. The first-order valence-corrected chi connectivity index (χ1v) is 6.74. The molecule has 2 aromatic rings. The molecule has 1 aromatic heterocycles. The highest BCUT2D eigenvalue weighted by Crippen LogP contribution is 2.18. The number of hydrogen-bond acceptors (Lipinski definition) is 5. The van der Waals surface area contributed by atoms with E-state index in [1.54, 1.807) is 6.20 Å². The minimum atomic E-state index is -4.83. The second-order valence-corrected chi connectivity index (χ2v) is 5.02. The fourth-order valence-electron chi connectivity index (χ4n) is 1.79. The van der Waals surface area contributed by atoms with Gasteiger partial charge in [0.25, 0.3) is 0 Å². The molecule has 7 nitrogen and oxygen atoms in total. The van der Waals surface area contributed by atoms with E-state index in [-0.39, 0.29) is 6.42 Å². The molecule has 0 aliphatic rings. The third-order valence-corrected chi connectivity index (χ3v) is 2.98. The van der Waals surface area contributed by atoms with Gasteiger partial charge in [-0.1, -0.05) is 18.2 Å². The van der Waals surface area contributed by atoms with Crippen LogP contribution in [0, 0.1) is 0 Å². The Morgan fingerprint density at radius 3 is 2.79 bits per heavy atom. The van der Waals surface area contributed by atoms with E-state index in [0.29, 0.717) is 0 Å². The molecule has 4 N–H and O–H groups in total. The number of benzene rings is 1. The zero-order valence-electron chi connectivity index (χ0n) is 9.74. The van der Waals surface area contributed by atoms with Gasteiger partial charge in [0.15, 0.2) is 0 Å². The van der Waals surface area contributed by atoms with E-state index in [2.05, 4.69) is 9.17 Å². The first-order chi connectivity index (χ1) is 8.87. The lowest BCUT2D eigenvalue weighted by Crippen LogP contribution is -2.35. The summed E-state index contributed by atoms with van der Waals surface area (Å²) >= 11 is 0. The Hall–Kier alpha value is -1.90. The van der Waals surface area contributed by atoms with E-state index in [9.17, 15) is 13.2 Å². The highest BCUT2D eigenvalue weighted by molar-refractivity contribution is 7.81. The molecule has 1 aromatic carbocycles. The zero-order valence-corrected chi connectivity index (χ0v) is 10.6. The molecule has 0 aliphatic heterocycles. The number of fused-ring (bicyclic) bond motifs is 1. The van der Waals surface area contributed by atoms with Crippen LogP contribution in [0.1, 0.15) is 5.56 Å². The van der Waals surface area contributed by atoms with Crippen molar-refractivity contribution >= 4 is 27.3 Å². The van der Waals surface area contributed by atoms with Gasteiger partial charge in [-0.25, -0.2) is 4.79 Å². The van der Waals surface area contributed by atoms with Crippen molar-refractivity contribution in [2.45, 2.75) is 12.5 Å². The Morgan fingerprint density at radius 1 is 1.42 bits per heavy atom. The summed E-state index contributed by atoms with van der Waals surface area (Å²) in [5, 5.41) is 0.887. The molecule has 0 bridgehead atoms. The average molecular weight is 284 g/mol. The lowest BCUT2D eigenvalue weighted by atomic mass is 10.1. The van der Waals surface area contributed by atoms with Crippen LogP contribution >= 0.6 is 0 Å². The normalized spacial score (nSPS) is 13.4. The predicted octanol–water partition coefficient (Wildman–Crippen LogP) is 0.384. The number of nitrogens with one attached hydrogen (secondary N) is 1. The maximum absolute atomic E-state index is 11.3. The van der Waals surface area contributed by atoms with Gasteiger partial charge in [0, 0.05) is 23.5 Å². The summed E-state index contributed by atoms with van der Waals surface area (Å²) in [5.74, 6) is -1.20. The lowest BCUT2D eigenvalue weighted by Gasteiger charge is -2.08. The molecule has 8 heteroatoms. The molecule has 0 radical (unpaired) electrons.